The van der Waals surface area contributed by atoms with Crippen LogP contribution in [-0.4, -0.2) is 61.6 Å². The molecule has 4 heterocycles. The summed E-state index contributed by atoms with van der Waals surface area (Å²) >= 11 is 0. The first-order valence-electron chi connectivity index (χ1n) is 13.3. The monoisotopic (exact) mass is 597 g/mol. The zero-order valence-corrected chi connectivity index (χ0v) is 24.0. The normalized spacial score (nSPS) is 24.3. The Morgan fingerprint density at radius 2 is 2.07 bits per heavy atom. The van der Waals surface area contributed by atoms with E-state index in [4.69, 9.17) is 42.2 Å². The highest BCUT2D eigenvalue weighted by atomic mass is 31.2. The summed E-state index contributed by atoms with van der Waals surface area (Å²) in [4.78, 5) is 40.6. The minimum atomic E-state index is -4.49. The Labute approximate surface area is 238 Å². The van der Waals surface area contributed by atoms with Crippen LogP contribution in [0, 0.1) is 5.92 Å². The summed E-state index contributed by atoms with van der Waals surface area (Å²) in [5, 5.41) is 3.09. The van der Waals surface area contributed by atoms with Crippen LogP contribution in [0.4, 0.5) is 23.0 Å². The van der Waals surface area contributed by atoms with Crippen molar-refractivity contribution in [3.63, 3.8) is 0 Å². The van der Waals surface area contributed by atoms with E-state index in [2.05, 4.69) is 31.7 Å². The number of aromatic nitrogens is 3. The number of aliphatic imine (C=N–C) groups is 1. The summed E-state index contributed by atoms with van der Waals surface area (Å²) in [6.07, 6.45) is 9.44. The molecule has 17 heteroatoms. The maximum atomic E-state index is 11.3. The molecule has 16 nitrogen and oxygen atoms in total. The van der Waals surface area contributed by atoms with Gasteiger partial charge in [-0.3, -0.25) is 13.9 Å². The van der Waals surface area contributed by atoms with E-state index in [9.17, 15) is 9.36 Å². The number of hydrogen-bond donors (Lipinski definition) is 7. The van der Waals surface area contributed by atoms with Gasteiger partial charge in [0.25, 0.3) is 5.91 Å². The van der Waals surface area contributed by atoms with E-state index in [0.717, 1.165) is 38.4 Å². The largest absolute Gasteiger partial charge is 0.469 e. The van der Waals surface area contributed by atoms with Gasteiger partial charge in [0.2, 0.25) is 0 Å². The average molecular weight is 598 g/mol. The molecule has 2 aromatic heterocycles. The van der Waals surface area contributed by atoms with E-state index >= 15 is 0 Å². The first kappa shape index (κ1) is 32.2. The van der Waals surface area contributed by atoms with Gasteiger partial charge in [0.05, 0.1) is 42.9 Å². The van der Waals surface area contributed by atoms with E-state index in [1.54, 1.807) is 10.6 Å². The second kappa shape index (κ2) is 14.6. The molecule has 228 valence electrons. The number of nitrogens with two attached hydrogens (primary N) is 4. The molecule has 2 aromatic rings. The number of primary amides is 1. The minimum absolute atomic E-state index is 0.0782. The first-order valence-corrected chi connectivity index (χ1v) is 14.8. The number of nitrogens with one attached hydrogen (secondary N) is 1. The molecule has 0 radical (unpaired) electrons. The lowest BCUT2D eigenvalue weighted by Gasteiger charge is -2.18. The molecule has 2 aliphatic heterocycles. The Hall–Kier alpha value is -3.27. The first-order chi connectivity index (χ1) is 19.4. The number of anilines is 3. The van der Waals surface area contributed by atoms with Crippen LogP contribution in [0.15, 0.2) is 23.6 Å². The van der Waals surface area contributed by atoms with Gasteiger partial charge in [0, 0.05) is 6.20 Å². The van der Waals surface area contributed by atoms with Crippen molar-refractivity contribution in [3.05, 3.63) is 24.3 Å². The lowest BCUT2D eigenvalue weighted by Crippen LogP contribution is -2.23. The maximum absolute atomic E-state index is 11.3. The maximum Gasteiger partial charge on any atom is 0.469 e. The van der Waals surface area contributed by atoms with Crippen molar-refractivity contribution >= 4 is 43.1 Å². The number of phosphoric acid groups is 1. The summed E-state index contributed by atoms with van der Waals surface area (Å²) in [7, 11) is -4.49. The van der Waals surface area contributed by atoms with Crippen LogP contribution in [0.2, 0.25) is 0 Å². The number of amides is 1. The van der Waals surface area contributed by atoms with Crippen LogP contribution in [0.25, 0.3) is 0 Å². The van der Waals surface area contributed by atoms with Crippen LogP contribution >= 0.6 is 7.82 Å². The average Bonchev–Trinajstić information content (AvgIpc) is 3.63. The fourth-order valence-corrected chi connectivity index (χ4v) is 4.96. The summed E-state index contributed by atoms with van der Waals surface area (Å²) in [5.41, 5.74) is 23.1. The number of pyridine rings is 1. The van der Waals surface area contributed by atoms with Gasteiger partial charge >= 0.3 is 7.82 Å². The molecule has 1 amide bonds. The Bertz CT molecular complexity index is 1240. The van der Waals surface area contributed by atoms with Crippen molar-refractivity contribution in [1.29, 1.82) is 0 Å². The van der Waals surface area contributed by atoms with Crippen LogP contribution < -0.4 is 28.3 Å². The van der Waals surface area contributed by atoms with E-state index in [-0.39, 0.29) is 42.6 Å². The zero-order chi connectivity index (χ0) is 30.2. The van der Waals surface area contributed by atoms with Crippen molar-refractivity contribution in [2.24, 2.45) is 22.4 Å². The third kappa shape index (κ3) is 9.11. The van der Waals surface area contributed by atoms with Crippen molar-refractivity contribution in [3.8, 4) is 0 Å². The Kier molecular flexibility index (Phi) is 11.5. The van der Waals surface area contributed by atoms with Crippen molar-refractivity contribution in [1.82, 2.24) is 14.5 Å². The number of hydrogen-bond acceptors (Lipinski definition) is 11. The summed E-state index contributed by atoms with van der Waals surface area (Å²) in [5.74, 6) is 0.0490. The number of ether oxygens (including phenoxy) is 2. The Balaban J connectivity index is 0.000000226. The number of phosphoric ester groups is 1. The molecule has 0 aromatic carbocycles. The van der Waals surface area contributed by atoms with E-state index in [0.29, 0.717) is 23.6 Å². The van der Waals surface area contributed by atoms with Gasteiger partial charge in [-0.25, -0.2) is 19.5 Å². The zero-order valence-electron chi connectivity index (χ0n) is 23.1. The van der Waals surface area contributed by atoms with Crippen LogP contribution in [0.3, 0.4) is 0 Å². The van der Waals surface area contributed by atoms with Gasteiger partial charge in [-0.2, -0.15) is 0 Å². The molecule has 0 saturated carbocycles. The molecule has 2 fully saturated rings. The number of rotatable bonds is 11. The molecule has 11 N–H and O–H groups in total. The minimum Gasteiger partial charge on any atom is -0.394 e. The number of carbonyl (C=O) groups excluding carboxylic acids is 1. The second-order valence-corrected chi connectivity index (χ2v) is 11.1. The van der Waals surface area contributed by atoms with Crippen molar-refractivity contribution in [2.75, 3.05) is 23.4 Å². The highest BCUT2D eigenvalue weighted by molar-refractivity contribution is 7.46. The number of carbonyl (C=O) groups is 1. The highest BCUT2D eigenvalue weighted by Crippen LogP contribution is 2.38. The third-order valence-electron chi connectivity index (χ3n) is 6.78. The standard InChI is InChI=1S/C13H21N5O2.C11H19N4O5P/c1-2-3-4-9-5-6-10(20-9)18-8-17-11(12(15)19)13(18)16-7-14;1-6-4-9(20-8(6)5-19-21(16,17)18)15-7-2-3-14-11(13)10(7)12/h7-10H,2-6H2,1H3,(H2,14,16)(H2,15,19);2-3,6,8-9H,4-5,12H2,1H3,(H3,13,14,15)(H2,16,17,18). The molecule has 41 heavy (non-hydrogen) atoms. The predicted molar refractivity (Wildman–Crippen MR) is 153 cm³/mol. The molecule has 0 aliphatic carbocycles. The number of imidazole rings is 1. The molecule has 4 rings (SSSR count). The summed E-state index contributed by atoms with van der Waals surface area (Å²) in [6.45, 7) is 3.91. The second-order valence-electron chi connectivity index (χ2n) is 9.86. The fourth-order valence-electron chi connectivity index (χ4n) is 4.62. The van der Waals surface area contributed by atoms with Gasteiger partial charge in [0.15, 0.2) is 11.5 Å². The SMILES string of the molecule is CC1CC(Nc2ccnc(N)c2N)OC1COP(=O)(O)O.CCCCC1CCC(n2cnc(C(N)=O)c2/N=C\N)O1. The van der Waals surface area contributed by atoms with E-state index < -0.39 is 19.8 Å². The molecular weight excluding hydrogens is 557 g/mol. The summed E-state index contributed by atoms with van der Waals surface area (Å²) < 4.78 is 28.6. The predicted octanol–water partition coefficient (Wildman–Crippen LogP) is 1.99. The summed E-state index contributed by atoms with van der Waals surface area (Å²) in [6, 6.07) is 1.68. The molecule has 5 unspecified atom stereocenters. The van der Waals surface area contributed by atoms with Gasteiger partial charge in [-0.1, -0.05) is 26.7 Å². The molecule has 2 saturated heterocycles. The molecular formula is C24H40N9O7P. The molecule has 5 atom stereocenters. The number of nitrogen functional groups attached to an aromatic ring is 2. The van der Waals surface area contributed by atoms with E-state index in [1.807, 2.05) is 6.92 Å². The Morgan fingerprint density at radius 3 is 2.73 bits per heavy atom. The number of nitrogens with zero attached hydrogens (tertiary/aromatic N) is 4. The van der Waals surface area contributed by atoms with E-state index in [1.165, 1.54) is 12.5 Å². The van der Waals surface area contributed by atoms with Crippen LogP contribution in [0.1, 0.15) is 69.1 Å². The number of unbranched alkanes of at least 4 members (excludes halogenated alkanes) is 1. The van der Waals surface area contributed by atoms with Gasteiger partial charge < -0.3 is 47.5 Å². The molecule has 2 aliphatic rings. The van der Waals surface area contributed by atoms with Crippen LogP contribution in [-0.2, 0) is 18.6 Å². The Morgan fingerprint density at radius 1 is 1.32 bits per heavy atom. The molecule has 0 bridgehead atoms. The van der Waals surface area contributed by atoms with Crippen molar-refractivity contribution < 1.29 is 33.1 Å². The molecule has 0 spiro atoms. The van der Waals surface area contributed by atoms with Gasteiger partial charge in [-0.15, -0.1) is 0 Å². The smallest absolute Gasteiger partial charge is 0.394 e. The van der Waals surface area contributed by atoms with Gasteiger partial charge in [-0.05, 0) is 37.7 Å². The quantitative estimate of drug-likeness (QED) is 0.111. The van der Waals surface area contributed by atoms with Gasteiger partial charge in [0.1, 0.15) is 18.3 Å². The topological polar surface area (TPSA) is 261 Å². The third-order valence-corrected chi connectivity index (χ3v) is 7.26. The lowest BCUT2D eigenvalue weighted by atomic mass is 10.0. The lowest BCUT2D eigenvalue weighted by molar-refractivity contribution is -0.00121. The fraction of sp³-hybridized carbons (Fsp3) is 0.583. The van der Waals surface area contributed by atoms with Crippen LogP contribution in [0.5, 0.6) is 0 Å². The van der Waals surface area contributed by atoms with Crippen molar-refractivity contribution in [2.45, 2.75) is 77.0 Å². The highest BCUT2D eigenvalue weighted by Gasteiger charge is 2.34.